The maximum Gasteiger partial charge on any atom is 0.101 e. The van der Waals surface area contributed by atoms with Gasteiger partial charge in [-0.15, -0.1) is 0 Å². The molecule has 2 aromatic heterocycles. The summed E-state index contributed by atoms with van der Waals surface area (Å²) in [7, 11) is 2.21. The maximum absolute atomic E-state index is 9.59. The van der Waals surface area contributed by atoms with Crippen LogP contribution >= 0.6 is 0 Å². The van der Waals surface area contributed by atoms with Gasteiger partial charge in [0.2, 0.25) is 0 Å². The van der Waals surface area contributed by atoms with Crippen LogP contribution in [0.5, 0.6) is 0 Å². The van der Waals surface area contributed by atoms with E-state index < -0.39 is 0 Å². The fraction of sp³-hybridized carbons (Fsp3) is 0.483. The Morgan fingerprint density at radius 1 is 1.19 bits per heavy atom. The van der Waals surface area contributed by atoms with Gasteiger partial charge in [-0.05, 0) is 70.1 Å². The lowest BCUT2D eigenvalue weighted by molar-refractivity contribution is -0.0346. The van der Waals surface area contributed by atoms with Crippen molar-refractivity contribution in [2.75, 3.05) is 49.6 Å². The Kier molecular flexibility index (Phi) is 7.56. The molecule has 8 heteroatoms. The molecule has 1 N–H and O–H groups in total. The van der Waals surface area contributed by atoms with Gasteiger partial charge < -0.3 is 19.6 Å². The van der Waals surface area contributed by atoms with Gasteiger partial charge in [-0.25, -0.2) is 0 Å². The van der Waals surface area contributed by atoms with Gasteiger partial charge in [0.05, 0.1) is 35.6 Å². The van der Waals surface area contributed by atoms with Crippen LogP contribution in [0.1, 0.15) is 36.7 Å². The second-order valence-electron chi connectivity index (χ2n) is 10.4. The first-order valence-corrected chi connectivity index (χ1v) is 13.2. The zero-order valence-corrected chi connectivity index (χ0v) is 22.0. The highest BCUT2D eigenvalue weighted by Crippen LogP contribution is 2.31. The molecule has 2 saturated heterocycles. The number of ether oxygens (including phenoxy) is 1. The number of aliphatic hydroxyl groups is 1. The molecule has 0 aliphatic carbocycles. The predicted octanol–water partition coefficient (Wildman–Crippen LogP) is 3.50. The summed E-state index contributed by atoms with van der Waals surface area (Å²) in [5.41, 5.74) is 5.28. The van der Waals surface area contributed by atoms with Gasteiger partial charge in [0, 0.05) is 67.4 Å². The Morgan fingerprint density at radius 3 is 2.86 bits per heavy atom. The second-order valence-corrected chi connectivity index (χ2v) is 10.4. The van der Waals surface area contributed by atoms with Crippen molar-refractivity contribution < 1.29 is 9.84 Å². The molecule has 37 heavy (non-hydrogen) atoms. The molecule has 2 aliphatic heterocycles. The van der Waals surface area contributed by atoms with Gasteiger partial charge in [0.25, 0.3) is 0 Å². The van der Waals surface area contributed by atoms with Gasteiger partial charge in [-0.3, -0.25) is 14.9 Å². The maximum atomic E-state index is 9.59. The van der Waals surface area contributed by atoms with Crippen LogP contribution in [0.3, 0.4) is 0 Å². The van der Waals surface area contributed by atoms with Crippen molar-refractivity contribution >= 4 is 22.3 Å². The quantitative estimate of drug-likeness (QED) is 0.550. The second kappa shape index (κ2) is 11.0. The molecule has 2 fully saturated rings. The van der Waals surface area contributed by atoms with Crippen LogP contribution in [0.25, 0.3) is 10.9 Å². The number of pyridine rings is 2. The van der Waals surface area contributed by atoms with Crippen molar-refractivity contribution in [1.29, 1.82) is 5.26 Å². The molecule has 1 aromatic carbocycles. The molecule has 0 spiro atoms. The molecule has 3 aromatic rings. The van der Waals surface area contributed by atoms with Crippen molar-refractivity contribution in [1.82, 2.24) is 14.9 Å². The van der Waals surface area contributed by atoms with E-state index in [1.807, 2.05) is 25.1 Å². The first kappa shape index (κ1) is 25.4. The Bertz CT molecular complexity index is 1290. The highest BCUT2D eigenvalue weighted by Gasteiger charge is 2.31. The number of aryl methyl sites for hydroxylation is 1. The lowest BCUT2D eigenvalue weighted by Crippen LogP contribution is -2.54. The number of piperidine rings is 1. The van der Waals surface area contributed by atoms with Crippen LogP contribution in [-0.4, -0.2) is 78.0 Å². The molecule has 0 saturated carbocycles. The minimum absolute atomic E-state index is 0.0376. The van der Waals surface area contributed by atoms with E-state index in [-0.39, 0.29) is 18.8 Å². The van der Waals surface area contributed by atoms with Gasteiger partial charge in [0.1, 0.15) is 6.07 Å². The number of aromatic nitrogens is 2. The molecular weight excluding hydrogens is 464 g/mol. The Balaban J connectivity index is 1.29. The first-order chi connectivity index (χ1) is 17.9. The number of hydrogen-bond donors (Lipinski definition) is 1. The van der Waals surface area contributed by atoms with E-state index in [9.17, 15) is 10.4 Å². The average molecular weight is 501 g/mol. The number of benzene rings is 1. The molecule has 2 aliphatic rings. The molecule has 0 amide bonds. The number of likely N-dealkylation sites (N-methyl/N-ethyl adjacent to an activating group) is 1. The van der Waals surface area contributed by atoms with Crippen molar-refractivity contribution in [3.8, 4) is 6.07 Å². The summed E-state index contributed by atoms with van der Waals surface area (Å²) in [5.74, 6) is 0. The topological polar surface area (TPSA) is 88.8 Å². The number of morpholine rings is 1. The number of aliphatic hydroxyl groups excluding tert-OH is 1. The normalized spacial score (nSPS) is 22.4. The summed E-state index contributed by atoms with van der Waals surface area (Å²) in [6, 6.07) is 14.7. The van der Waals surface area contributed by atoms with Gasteiger partial charge in [-0.1, -0.05) is 0 Å². The van der Waals surface area contributed by atoms with Crippen LogP contribution in [0.2, 0.25) is 0 Å². The molecule has 194 valence electrons. The summed E-state index contributed by atoms with van der Waals surface area (Å²) >= 11 is 0. The van der Waals surface area contributed by atoms with Crippen LogP contribution in [0.15, 0.2) is 42.6 Å². The summed E-state index contributed by atoms with van der Waals surface area (Å²) in [6.07, 6.45) is 4.22. The SMILES string of the molecule is Cc1cc(N2CCC[C@@H](N(C)CC3CN(c4ccc(C#N)c5ncccc45)CC(C)O3)C2)cc(CO)n1. The molecule has 5 rings (SSSR count). The third-order valence-corrected chi connectivity index (χ3v) is 7.56. The minimum atomic E-state index is -0.0376. The van der Waals surface area contributed by atoms with Crippen LogP contribution < -0.4 is 9.80 Å². The van der Waals surface area contributed by atoms with Crippen LogP contribution in [0, 0.1) is 18.3 Å². The van der Waals surface area contributed by atoms with E-state index in [4.69, 9.17) is 4.74 Å². The number of nitriles is 1. The summed E-state index contributed by atoms with van der Waals surface area (Å²) in [4.78, 5) is 16.2. The predicted molar refractivity (Wildman–Crippen MR) is 146 cm³/mol. The van der Waals surface area contributed by atoms with E-state index in [0.29, 0.717) is 11.6 Å². The summed E-state index contributed by atoms with van der Waals surface area (Å²) in [5, 5.41) is 20.1. The van der Waals surface area contributed by atoms with Crippen molar-refractivity contribution in [3.63, 3.8) is 0 Å². The molecular formula is C29H36N6O2. The highest BCUT2D eigenvalue weighted by atomic mass is 16.5. The molecule has 3 atom stereocenters. The third-order valence-electron chi connectivity index (χ3n) is 7.56. The minimum Gasteiger partial charge on any atom is -0.390 e. The lowest BCUT2D eigenvalue weighted by atomic mass is 10.0. The monoisotopic (exact) mass is 500 g/mol. The van der Waals surface area contributed by atoms with Gasteiger partial charge in [-0.2, -0.15) is 5.26 Å². The molecule has 0 bridgehead atoms. The molecule has 8 nitrogen and oxygen atoms in total. The number of fused-ring (bicyclic) bond motifs is 1. The van der Waals surface area contributed by atoms with Crippen LogP contribution in [0.4, 0.5) is 11.4 Å². The first-order valence-electron chi connectivity index (χ1n) is 13.2. The van der Waals surface area contributed by atoms with E-state index in [1.165, 1.54) is 0 Å². The summed E-state index contributed by atoms with van der Waals surface area (Å²) < 4.78 is 6.41. The van der Waals surface area contributed by atoms with Crippen molar-refractivity contribution in [2.45, 2.75) is 51.5 Å². The standard InChI is InChI=1S/C29H36N6O2/c1-20-12-25(13-23(19-36)32-20)34-11-5-6-24(16-34)33(3)17-26-18-35(15-21(2)37-26)28-9-8-22(14-30)29-27(28)7-4-10-31-29/h4,7-10,12-13,21,24,26,36H,5-6,11,15-19H2,1-3H3/t21?,24-,26?/m1/s1. The Hall–Kier alpha value is -3.25. The van der Waals surface area contributed by atoms with E-state index >= 15 is 0 Å². The zero-order chi connectivity index (χ0) is 25.9. The number of rotatable bonds is 6. The third kappa shape index (κ3) is 5.54. The fourth-order valence-corrected chi connectivity index (χ4v) is 5.87. The average Bonchev–Trinajstić information content (AvgIpc) is 2.91. The van der Waals surface area contributed by atoms with Crippen molar-refractivity contribution in [3.05, 3.63) is 59.5 Å². The lowest BCUT2D eigenvalue weighted by Gasteiger charge is -2.43. The van der Waals surface area contributed by atoms with Gasteiger partial charge >= 0.3 is 0 Å². The zero-order valence-electron chi connectivity index (χ0n) is 22.0. The molecule has 2 unspecified atom stereocenters. The number of nitrogens with zero attached hydrogens (tertiary/aromatic N) is 6. The van der Waals surface area contributed by atoms with Crippen LogP contribution in [-0.2, 0) is 11.3 Å². The van der Waals surface area contributed by atoms with E-state index in [1.54, 1.807) is 6.20 Å². The molecule has 0 radical (unpaired) electrons. The number of anilines is 2. The largest absolute Gasteiger partial charge is 0.390 e. The van der Waals surface area contributed by atoms with Crippen molar-refractivity contribution in [2.24, 2.45) is 0 Å². The Labute approximate surface area is 219 Å². The molecule has 4 heterocycles. The fourth-order valence-electron chi connectivity index (χ4n) is 5.87. The number of hydrogen-bond acceptors (Lipinski definition) is 8. The smallest absolute Gasteiger partial charge is 0.101 e. The highest BCUT2D eigenvalue weighted by molar-refractivity contribution is 5.95. The van der Waals surface area contributed by atoms with E-state index in [2.05, 4.69) is 62.9 Å². The van der Waals surface area contributed by atoms with E-state index in [0.717, 1.165) is 79.2 Å². The summed E-state index contributed by atoms with van der Waals surface area (Å²) in [6.45, 7) is 8.50. The Morgan fingerprint density at radius 2 is 2.05 bits per heavy atom. The van der Waals surface area contributed by atoms with Gasteiger partial charge in [0.15, 0.2) is 0 Å².